The summed E-state index contributed by atoms with van der Waals surface area (Å²) in [5.41, 5.74) is 11.5. The number of hydrogen-bond acceptors (Lipinski definition) is 3. The van der Waals surface area contributed by atoms with Crippen molar-refractivity contribution >= 4 is 10.9 Å². The summed E-state index contributed by atoms with van der Waals surface area (Å²) in [7, 11) is 4.26. The second kappa shape index (κ2) is 8.68. The summed E-state index contributed by atoms with van der Waals surface area (Å²) in [5.74, 6) is 2.04. The second-order valence-corrected chi connectivity index (χ2v) is 9.60. The summed E-state index contributed by atoms with van der Waals surface area (Å²) >= 11 is 0. The zero-order valence-electron chi connectivity index (χ0n) is 18.9. The molecule has 0 amide bonds. The van der Waals surface area contributed by atoms with Crippen LogP contribution in [0, 0.1) is 5.92 Å². The maximum atomic E-state index is 6.72. The minimum absolute atomic E-state index is 0.275. The largest absolute Gasteiger partial charge is 0.492 e. The standard InChI is InChI=1S/C27H35N3O/c1-29(2)26(16-28)21-17-30-24-14-7-6-11-20(24)15-25(30)23-13-8-12-22(27(23)31-18-21)19-9-4-3-5-10-19/h6-8,11-15,19,21,26H,3-5,9-10,16-18,28H2,1-2H3. The molecular formula is C27H35N3O. The van der Waals surface area contributed by atoms with E-state index in [4.69, 9.17) is 10.5 Å². The van der Waals surface area contributed by atoms with Crippen LogP contribution >= 0.6 is 0 Å². The number of nitrogens with zero attached hydrogens (tertiary/aromatic N) is 2. The third-order valence-corrected chi connectivity index (χ3v) is 7.48. The fraction of sp³-hybridized carbons (Fsp3) is 0.481. The van der Waals surface area contributed by atoms with Gasteiger partial charge in [-0.25, -0.2) is 0 Å². The number of aromatic nitrogens is 1. The number of likely N-dealkylation sites (N-methyl/N-ethyl adjacent to an activating group) is 1. The SMILES string of the molecule is CN(C)C(CN)C1COc2c(cccc2C2CCCCC2)-c2cc3ccccc3n2C1. The summed E-state index contributed by atoms with van der Waals surface area (Å²) in [6.07, 6.45) is 6.56. The molecule has 5 rings (SSSR count). The molecule has 1 fully saturated rings. The van der Waals surface area contributed by atoms with E-state index in [0.29, 0.717) is 25.0 Å². The Balaban J connectivity index is 1.68. The van der Waals surface area contributed by atoms with Crippen LogP contribution in [0.4, 0.5) is 0 Å². The van der Waals surface area contributed by atoms with E-state index < -0.39 is 0 Å². The number of para-hydroxylation sites is 2. The van der Waals surface area contributed by atoms with E-state index in [-0.39, 0.29) is 6.04 Å². The zero-order chi connectivity index (χ0) is 21.4. The summed E-state index contributed by atoms with van der Waals surface area (Å²) in [5, 5.41) is 1.29. The Morgan fingerprint density at radius 3 is 2.65 bits per heavy atom. The first-order valence-corrected chi connectivity index (χ1v) is 11.9. The summed E-state index contributed by atoms with van der Waals surface area (Å²) < 4.78 is 9.23. The number of ether oxygens (including phenoxy) is 1. The van der Waals surface area contributed by atoms with Gasteiger partial charge in [0.25, 0.3) is 0 Å². The molecule has 164 valence electrons. The Kier molecular flexibility index (Phi) is 5.77. The van der Waals surface area contributed by atoms with E-state index in [1.807, 2.05) is 0 Å². The van der Waals surface area contributed by atoms with Gasteiger partial charge in [-0.15, -0.1) is 0 Å². The molecule has 3 aromatic rings. The highest BCUT2D eigenvalue weighted by molar-refractivity contribution is 5.88. The molecule has 0 bridgehead atoms. The molecule has 1 aromatic heterocycles. The van der Waals surface area contributed by atoms with E-state index in [9.17, 15) is 0 Å². The van der Waals surface area contributed by atoms with E-state index in [0.717, 1.165) is 12.3 Å². The Morgan fingerprint density at radius 2 is 1.87 bits per heavy atom. The number of benzene rings is 2. The van der Waals surface area contributed by atoms with Crippen molar-refractivity contribution in [3.8, 4) is 17.0 Å². The fourth-order valence-corrected chi connectivity index (χ4v) is 5.82. The van der Waals surface area contributed by atoms with Crippen LogP contribution < -0.4 is 10.5 Å². The highest BCUT2D eigenvalue weighted by Gasteiger charge is 2.30. The lowest BCUT2D eigenvalue weighted by atomic mass is 9.82. The maximum absolute atomic E-state index is 6.72. The zero-order valence-corrected chi connectivity index (χ0v) is 18.9. The average molecular weight is 418 g/mol. The first kappa shape index (κ1) is 20.6. The van der Waals surface area contributed by atoms with Crippen molar-refractivity contribution in [2.75, 3.05) is 27.2 Å². The van der Waals surface area contributed by atoms with E-state index >= 15 is 0 Å². The molecule has 0 spiro atoms. The molecule has 2 aliphatic rings. The van der Waals surface area contributed by atoms with Gasteiger partial charge in [0.1, 0.15) is 5.75 Å². The molecule has 2 aromatic carbocycles. The summed E-state index contributed by atoms with van der Waals surface area (Å²) in [6, 6.07) is 18.2. The van der Waals surface area contributed by atoms with Crippen molar-refractivity contribution < 1.29 is 4.74 Å². The first-order chi connectivity index (χ1) is 15.2. The predicted octanol–water partition coefficient (Wildman–Crippen LogP) is 5.25. The van der Waals surface area contributed by atoms with Crippen LogP contribution in [0.1, 0.15) is 43.6 Å². The quantitative estimate of drug-likeness (QED) is 0.630. The Bertz CT molecular complexity index is 1050. The molecule has 1 aliphatic heterocycles. The lowest BCUT2D eigenvalue weighted by Crippen LogP contribution is -2.45. The van der Waals surface area contributed by atoms with Crippen LogP contribution in [0.5, 0.6) is 5.75 Å². The molecule has 1 saturated carbocycles. The molecule has 0 radical (unpaired) electrons. The van der Waals surface area contributed by atoms with Gasteiger partial charge in [0.2, 0.25) is 0 Å². The molecule has 0 saturated heterocycles. The van der Waals surface area contributed by atoms with Crippen molar-refractivity contribution in [1.82, 2.24) is 9.47 Å². The third kappa shape index (κ3) is 3.77. The van der Waals surface area contributed by atoms with Crippen LogP contribution in [0.2, 0.25) is 0 Å². The van der Waals surface area contributed by atoms with Crippen LogP contribution in [0.25, 0.3) is 22.2 Å². The highest BCUT2D eigenvalue weighted by atomic mass is 16.5. The molecular weight excluding hydrogens is 382 g/mol. The van der Waals surface area contributed by atoms with Gasteiger partial charge in [-0.1, -0.05) is 49.6 Å². The van der Waals surface area contributed by atoms with Gasteiger partial charge in [-0.2, -0.15) is 0 Å². The molecule has 2 unspecified atom stereocenters. The normalized spacial score (nSPS) is 20.6. The summed E-state index contributed by atoms with van der Waals surface area (Å²) in [6.45, 7) is 2.24. The number of rotatable bonds is 4. The van der Waals surface area contributed by atoms with Crippen molar-refractivity contribution in [3.63, 3.8) is 0 Å². The predicted molar refractivity (Wildman–Crippen MR) is 129 cm³/mol. The smallest absolute Gasteiger partial charge is 0.132 e. The minimum Gasteiger partial charge on any atom is -0.492 e. The maximum Gasteiger partial charge on any atom is 0.132 e. The van der Waals surface area contributed by atoms with Crippen LogP contribution in [-0.4, -0.2) is 42.8 Å². The van der Waals surface area contributed by atoms with Gasteiger partial charge in [-0.3, -0.25) is 0 Å². The lowest BCUT2D eigenvalue weighted by Gasteiger charge is -2.35. The summed E-state index contributed by atoms with van der Waals surface area (Å²) in [4.78, 5) is 2.26. The lowest BCUT2D eigenvalue weighted by molar-refractivity contribution is 0.134. The fourth-order valence-electron chi connectivity index (χ4n) is 5.82. The van der Waals surface area contributed by atoms with E-state index in [1.54, 1.807) is 0 Å². The average Bonchev–Trinajstić information content (AvgIpc) is 3.14. The van der Waals surface area contributed by atoms with E-state index in [1.165, 1.54) is 59.8 Å². The van der Waals surface area contributed by atoms with Crippen molar-refractivity contribution in [2.24, 2.45) is 11.7 Å². The minimum atomic E-state index is 0.275. The molecule has 4 heteroatoms. The third-order valence-electron chi connectivity index (χ3n) is 7.48. The number of nitrogens with two attached hydrogens (primary N) is 1. The molecule has 2 heterocycles. The van der Waals surface area contributed by atoms with Gasteiger partial charge >= 0.3 is 0 Å². The molecule has 1 aliphatic carbocycles. The van der Waals surface area contributed by atoms with Crippen molar-refractivity contribution in [1.29, 1.82) is 0 Å². The second-order valence-electron chi connectivity index (χ2n) is 9.60. The van der Waals surface area contributed by atoms with Crippen molar-refractivity contribution in [2.45, 2.75) is 50.6 Å². The Hall–Kier alpha value is -2.30. The Morgan fingerprint density at radius 1 is 1.06 bits per heavy atom. The van der Waals surface area contributed by atoms with Gasteiger partial charge in [0.05, 0.1) is 12.3 Å². The molecule has 4 nitrogen and oxygen atoms in total. The van der Waals surface area contributed by atoms with Gasteiger partial charge in [-0.05, 0) is 56.6 Å². The molecule has 2 atom stereocenters. The monoisotopic (exact) mass is 417 g/mol. The van der Waals surface area contributed by atoms with Gasteiger partial charge in [0.15, 0.2) is 0 Å². The molecule has 31 heavy (non-hydrogen) atoms. The number of hydrogen-bond donors (Lipinski definition) is 1. The highest BCUT2D eigenvalue weighted by Crippen LogP contribution is 2.44. The topological polar surface area (TPSA) is 43.4 Å². The molecule has 2 N–H and O–H groups in total. The first-order valence-electron chi connectivity index (χ1n) is 11.9. The Labute approximate surface area is 186 Å². The van der Waals surface area contributed by atoms with Crippen LogP contribution in [-0.2, 0) is 6.54 Å². The van der Waals surface area contributed by atoms with Gasteiger partial charge in [0, 0.05) is 41.5 Å². The number of fused-ring (bicyclic) bond motifs is 5. The van der Waals surface area contributed by atoms with Gasteiger partial charge < -0.3 is 19.9 Å². The van der Waals surface area contributed by atoms with Crippen molar-refractivity contribution in [3.05, 3.63) is 54.1 Å². The van der Waals surface area contributed by atoms with E-state index in [2.05, 4.69) is 72.1 Å². The van der Waals surface area contributed by atoms with Crippen LogP contribution in [0.15, 0.2) is 48.5 Å². The van der Waals surface area contributed by atoms with Crippen LogP contribution in [0.3, 0.4) is 0 Å².